The van der Waals surface area contributed by atoms with Crippen LogP contribution in [0.5, 0.6) is 0 Å². The molecular weight excluding hydrogens is 168 g/mol. The van der Waals surface area contributed by atoms with Crippen molar-refractivity contribution >= 4 is 15.9 Å². The SMILES string of the molecule is CCOC(Br)[C](C)C. The lowest BCUT2D eigenvalue weighted by Crippen LogP contribution is -2.09. The largest absolute Gasteiger partial charge is 0.367 e. The Labute approximate surface area is 59.5 Å². The van der Waals surface area contributed by atoms with Crippen LogP contribution >= 0.6 is 15.9 Å². The minimum atomic E-state index is 0.146. The van der Waals surface area contributed by atoms with Gasteiger partial charge in [0.05, 0.1) is 0 Å². The number of alkyl halides is 1. The van der Waals surface area contributed by atoms with Crippen LogP contribution in [0.1, 0.15) is 20.8 Å². The van der Waals surface area contributed by atoms with E-state index in [0.29, 0.717) is 0 Å². The van der Waals surface area contributed by atoms with Gasteiger partial charge in [0.2, 0.25) is 0 Å². The Hall–Kier alpha value is 0.440. The van der Waals surface area contributed by atoms with Crippen LogP contribution in [-0.4, -0.2) is 11.6 Å². The Kier molecular flexibility index (Phi) is 4.57. The maximum absolute atomic E-state index is 5.18. The molecule has 0 saturated heterocycles. The molecule has 1 nitrogen and oxygen atoms in total. The van der Waals surface area contributed by atoms with Crippen LogP contribution in [0.2, 0.25) is 0 Å². The summed E-state index contributed by atoms with van der Waals surface area (Å²) < 4.78 is 5.18. The van der Waals surface area contributed by atoms with E-state index in [2.05, 4.69) is 15.9 Å². The Morgan fingerprint density at radius 2 is 2.12 bits per heavy atom. The first-order valence-corrected chi connectivity index (χ1v) is 3.65. The number of halogens is 1. The Morgan fingerprint density at radius 1 is 1.62 bits per heavy atom. The molecule has 0 fully saturated rings. The molecule has 0 aliphatic carbocycles. The minimum Gasteiger partial charge on any atom is -0.367 e. The first-order chi connectivity index (χ1) is 3.68. The van der Waals surface area contributed by atoms with Gasteiger partial charge in [-0.15, -0.1) is 0 Å². The molecule has 0 amide bonds. The van der Waals surface area contributed by atoms with Gasteiger partial charge in [0.15, 0.2) is 0 Å². The van der Waals surface area contributed by atoms with Crippen LogP contribution in [0.25, 0.3) is 0 Å². The second kappa shape index (κ2) is 4.33. The van der Waals surface area contributed by atoms with E-state index in [4.69, 9.17) is 4.74 Å². The Bertz CT molecular complexity index is 54.5. The molecule has 8 heavy (non-hydrogen) atoms. The fourth-order valence-electron chi connectivity index (χ4n) is 0.313. The second-order valence-electron chi connectivity index (χ2n) is 1.85. The van der Waals surface area contributed by atoms with Crippen LogP contribution < -0.4 is 0 Å². The van der Waals surface area contributed by atoms with E-state index in [1.807, 2.05) is 20.8 Å². The van der Waals surface area contributed by atoms with Gasteiger partial charge in [0, 0.05) is 12.5 Å². The zero-order valence-corrected chi connectivity index (χ0v) is 7.16. The molecule has 1 radical (unpaired) electrons. The van der Waals surface area contributed by atoms with E-state index in [1.54, 1.807) is 0 Å². The molecule has 0 rings (SSSR count). The van der Waals surface area contributed by atoms with Gasteiger partial charge in [0.25, 0.3) is 0 Å². The van der Waals surface area contributed by atoms with E-state index < -0.39 is 0 Å². The topological polar surface area (TPSA) is 9.23 Å². The lowest BCUT2D eigenvalue weighted by atomic mass is 10.2. The number of hydrogen-bond donors (Lipinski definition) is 0. The van der Waals surface area contributed by atoms with Crippen LogP contribution in [0.4, 0.5) is 0 Å². The average molecular weight is 180 g/mol. The smallest absolute Gasteiger partial charge is 0.118 e. The van der Waals surface area contributed by atoms with E-state index in [9.17, 15) is 0 Å². The van der Waals surface area contributed by atoms with E-state index in [0.717, 1.165) is 6.61 Å². The van der Waals surface area contributed by atoms with Gasteiger partial charge >= 0.3 is 0 Å². The molecular formula is C6H12BrO. The molecule has 0 aromatic rings. The summed E-state index contributed by atoms with van der Waals surface area (Å²) in [7, 11) is 0. The first kappa shape index (κ1) is 8.44. The maximum Gasteiger partial charge on any atom is 0.118 e. The lowest BCUT2D eigenvalue weighted by molar-refractivity contribution is 0.139. The van der Waals surface area contributed by atoms with Crippen LogP contribution in [0.3, 0.4) is 0 Å². The zero-order valence-electron chi connectivity index (χ0n) is 5.57. The quantitative estimate of drug-likeness (QED) is 0.605. The van der Waals surface area contributed by atoms with Crippen molar-refractivity contribution in [2.75, 3.05) is 6.61 Å². The number of ether oxygens (including phenoxy) is 1. The van der Waals surface area contributed by atoms with Crippen LogP contribution in [0, 0.1) is 5.92 Å². The van der Waals surface area contributed by atoms with Gasteiger partial charge in [-0.2, -0.15) is 0 Å². The van der Waals surface area contributed by atoms with E-state index in [1.165, 1.54) is 5.92 Å². The summed E-state index contributed by atoms with van der Waals surface area (Å²) in [5.41, 5.74) is 0. The molecule has 0 saturated carbocycles. The number of rotatable bonds is 3. The fraction of sp³-hybridized carbons (Fsp3) is 0.833. The third-order valence-electron chi connectivity index (χ3n) is 0.767. The van der Waals surface area contributed by atoms with Crippen LogP contribution in [0.15, 0.2) is 0 Å². The predicted octanol–water partition coefficient (Wildman–Crippen LogP) is 2.36. The van der Waals surface area contributed by atoms with Gasteiger partial charge in [0.1, 0.15) is 5.01 Å². The molecule has 0 bridgehead atoms. The lowest BCUT2D eigenvalue weighted by Gasteiger charge is -2.11. The van der Waals surface area contributed by atoms with Crippen molar-refractivity contribution in [1.29, 1.82) is 0 Å². The molecule has 0 heterocycles. The van der Waals surface area contributed by atoms with Crippen LogP contribution in [-0.2, 0) is 4.74 Å². The van der Waals surface area contributed by atoms with Gasteiger partial charge < -0.3 is 4.74 Å². The van der Waals surface area contributed by atoms with E-state index >= 15 is 0 Å². The summed E-state index contributed by atoms with van der Waals surface area (Å²) in [6.45, 7) is 6.82. The van der Waals surface area contributed by atoms with Crippen molar-refractivity contribution in [3.8, 4) is 0 Å². The minimum absolute atomic E-state index is 0.146. The molecule has 1 atom stereocenters. The molecule has 49 valence electrons. The third-order valence-corrected chi connectivity index (χ3v) is 1.95. The van der Waals surface area contributed by atoms with Crippen molar-refractivity contribution in [3.63, 3.8) is 0 Å². The van der Waals surface area contributed by atoms with Gasteiger partial charge in [-0.1, -0.05) is 29.8 Å². The summed E-state index contributed by atoms with van der Waals surface area (Å²) in [6.07, 6.45) is 0. The van der Waals surface area contributed by atoms with E-state index in [-0.39, 0.29) is 5.01 Å². The van der Waals surface area contributed by atoms with Crippen molar-refractivity contribution in [2.45, 2.75) is 25.8 Å². The first-order valence-electron chi connectivity index (χ1n) is 2.74. The molecule has 2 heteroatoms. The highest BCUT2D eigenvalue weighted by molar-refractivity contribution is 9.09. The third kappa shape index (κ3) is 3.44. The summed E-state index contributed by atoms with van der Waals surface area (Å²) in [5, 5.41) is 0.146. The standard InChI is InChI=1S/C6H12BrO/c1-4-8-6(7)5(2)3/h6H,4H2,1-3H3. The predicted molar refractivity (Wildman–Crippen MR) is 38.9 cm³/mol. The van der Waals surface area contributed by atoms with Crippen molar-refractivity contribution in [2.24, 2.45) is 0 Å². The van der Waals surface area contributed by atoms with Crippen molar-refractivity contribution in [3.05, 3.63) is 5.92 Å². The fourth-order valence-corrected chi connectivity index (χ4v) is 0.577. The van der Waals surface area contributed by atoms with Gasteiger partial charge in [-0.05, 0) is 6.92 Å². The summed E-state index contributed by atoms with van der Waals surface area (Å²) in [6, 6.07) is 0. The summed E-state index contributed by atoms with van der Waals surface area (Å²) in [4.78, 5) is 0. The molecule has 0 N–H and O–H groups in total. The zero-order chi connectivity index (χ0) is 6.57. The highest BCUT2D eigenvalue weighted by Crippen LogP contribution is 2.14. The molecule has 1 unspecified atom stereocenters. The molecule has 0 spiro atoms. The van der Waals surface area contributed by atoms with Crippen molar-refractivity contribution in [1.82, 2.24) is 0 Å². The summed E-state index contributed by atoms with van der Waals surface area (Å²) >= 11 is 3.34. The number of hydrogen-bond acceptors (Lipinski definition) is 1. The Balaban J connectivity index is 3.17. The molecule has 0 aliphatic heterocycles. The monoisotopic (exact) mass is 179 g/mol. The summed E-state index contributed by atoms with van der Waals surface area (Å²) in [5.74, 6) is 1.26. The molecule has 0 aromatic carbocycles. The highest BCUT2D eigenvalue weighted by atomic mass is 79.9. The van der Waals surface area contributed by atoms with Gasteiger partial charge in [-0.25, -0.2) is 0 Å². The normalized spacial score (nSPS) is 14.6. The molecule has 0 aromatic heterocycles. The second-order valence-corrected chi connectivity index (χ2v) is 2.68. The van der Waals surface area contributed by atoms with Gasteiger partial charge in [-0.3, -0.25) is 0 Å². The average Bonchev–Trinajstić information content (AvgIpc) is 1.67. The highest BCUT2D eigenvalue weighted by Gasteiger charge is 2.06. The molecule has 0 aliphatic rings. The van der Waals surface area contributed by atoms with Crippen molar-refractivity contribution < 1.29 is 4.74 Å². The Morgan fingerprint density at radius 3 is 2.25 bits per heavy atom. The maximum atomic E-state index is 5.18.